The van der Waals surface area contributed by atoms with Gasteiger partial charge in [-0.05, 0) is 24.6 Å². The number of aryl methyl sites for hydroxylation is 1. The van der Waals surface area contributed by atoms with Crippen LogP contribution in [0.15, 0.2) is 12.1 Å². The number of rotatable bonds is 1. The first kappa shape index (κ1) is 9.86. The van der Waals surface area contributed by atoms with Crippen LogP contribution in [0.2, 0.25) is 5.02 Å². The number of hydrogen-bond acceptors (Lipinski definition) is 2. The molecular weight excluding hydrogens is 188 g/mol. The van der Waals surface area contributed by atoms with Crippen molar-refractivity contribution in [2.45, 2.75) is 6.92 Å². The number of benzene rings is 1. The van der Waals surface area contributed by atoms with Gasteiger partial charge in [-0.3, -0.25) is 4.79 Å². The van der Waals surface area contributed by atoms with E-state index in [1.807, 2.05) is 6.92 Å². The van der Waals surface area contributed by atoms with Crippen molar-refractivity contribution in [3.63, 3.8) is 0 Å². The molecule has 1 aromatic rings. The van der Waals surface area contributed by atoms with Gasteiger partial charge >= 0.3 is 0 Å². The van der Waals surface area contributed by atoms with Gasteiger partial charge in [0.1, 0.15) is 0 Å². The van der Waals surface area contributed by atoms with Crippen LogP contribution in [0, 0.1) is 6.92 Å². The predicted molar refractivity (Wildman–Crippen MR) is 54.0 cm³/mol. The van der Waals surface area contributed by atoms with Gasteiger partial charge in [-0.15, -0.1) is 0 Å². The van der Waals surface area contributed by atoms with E-state index in [9.17, 15) is 4.79 Å². The maximum atomic E-state index is 11.2. The zero-order valence-corrected chi connectivity index (χ0v) is 8.27. The van der Waals surface area contributed by atoms with E-state index in [4.69, 9.17) is 17.3 Å². The largest absolute Gasteiger partial charge is 0.397 e. The number of halogens is 1. The average Bonchev–Trinajstić information content (AvgIpc) is 2.12. The minimum Gasteiger partial charge on any atom is -0.397 e. The number of nitrogens with two attached hydrogens (primary N) is 1. The van der Waals surface area contributed by atoms with E-state index >= 15 is 0 Å². The molecule has 0 radical (unpaired) electrons. The molecule has 0 aliphatic carbocycles. The molecule has 70 valence electrons. The van der Waals surface area contributed by atoms with Gasteiger partial charge in [0.05, 0.1) is 10.7 Å². The number of nitrogen functional groups attached to an aromatic ring is 1. The first-order valence-electron chi connectivity index (χ1n) is 3.84. The maximum Gasteiger partial charge on any atom is 0.251 e. The summed E-state index contributed by atoms with van der Waals surface area (Å²) in [4.78, 5) is 11.2. The highest BCUT2D eigenvalue weighted by molar-refractivity contribution is 6.33. The first-order valence-corrected chi connectivity index (χ1v) is 4.21. The molecular formula is C9H11ClN2O. The molecule has 0 saturated heterocycles. The summed E-state index contributed by atoms with van der Waals surface area (Å²) in [5.74, 6) is -0.162. The van der Waals surface area contributed by atoms with E-state index in [-0.39, 0.29) is 5.91 Å². The Hall–Kier alpha value is -1.22. The van der Waals surface area contributed by atoms with Crippen molar-refractivity contribution in [2.24, 2.45) is 0 Å². The van der Waals surface area contributed by atoms with Crippen LogP contribution in [-0.4, -0.2) is 13.0 Å². The van der Waals surface area contributed by atoms with E-state index < -0.39 is 0 Å². The maximum absolute atomic E-state index is 11.2. The minimum atomic E-state index is -0.162. The summed E-state index contributed by atoms with van der Waals surface area (Å²) in [7, 11) is 1.57. The molecule has 1 aromatic carbocycles. The SMILES string of the molecule is CNC(=O)c1cc(C)c(N)c(Cl)c1. The molecule has 0 atom stereocenters. The van der Waals surface area contributed by atoms with Crippen molar-refractivity contribution in [2.75, 3.05) is 12.8 Å². The van der Waals surface area contributed by atoms with Gasteiger partial charge in [0.15, 0.2) is 0 Å². The average molecular weight is 199 g/mol. The lowest BCUT2D eigenvalue weighted by Crippen LogP contribution is -2.18. The Balaban J connectivity index is 3.20. The van der Waals surface area contributed by atoms with E-state index in [0.717, 1.165) is 5.56 Å². The Bertz CT molecular complexity index is 326. The van der Waals surface area contributed by atoms with Crippen LogP contribution in [0.3, 0.4) is 0 Å². The van der Waals surface area contributed by atoms with Crippen molar-refractivity contribution >= 4 is 23.2 Å². The van der Waals surface area contributed by atoms with E-state index in [0.29, 0.717) is 16.3 Å². The predicted octanol–water partition coefficient (Wildman–Crippen LogP) is 1.59. The summed E-state index contributed by atoms with van der Waals surface area (Å²) >= 11 is 5.82. The van der Waals surface area contributed by atoms with Crippen LogP contribution in [-0.2, 0) is 0 Å². The number of amides is 1. The number of anilines is 1. The second-order valence-electron chi connectivity index (χ2n) is 2.77. The third-order valence-electron chi connectivity index (χ3n) is 1.83. The highest BCUT2D eigenvalue weighted by Crippen LogP contribution is 2.24. The molecule has 3 nitrogen and oxygen atoms in total. The molecule has 1 amide bonds. The molecule has 13 heavy (non-hydrogen) atoms. The highest BCUT2D eigenvalue weighted by atomic mass is 35.5. The zero-order valence-electron chi connectivity index (χ0n) is 7.52. The summed E-state index contributed by atoms with van der Waals surface area (Å²) in [6.07, 6.45) is 0. The standard InChI is InChI=1S/C9H11ClN2O/c1-5-3-6(9(13)12-2)4-7(10)8(5)11/h3-4H,11H2,1-2H3,(H,12,13). The Morgan fingerprint density at radius 1 is 1.54 bits per heavy atom. The Morgan fingerprint density at radius 2 is 2.15 bits per heavy atom. The fourth-order valence-corrected chi connectivity index (χ4v) is 1.30. The Labute approximate surface area is 81.9 Å². The lowest BCUT2D eigenvalue weighted by molar-refractivity contribution is 0.0963. The van der Waals surface area contributed by atoms with Crippen LogP contribution in [0.5, 0.6) is 0 Å². The van der Waals surface area contributed by atoms with Gasteiger partial charge in [-0.25, -0.2) is 0 Å². The van der Waals surface area contributed by atoms with Gasteiger partial charge in [0, 0.05) is 12.6 Å². The molecule has 0 fully saturated rings. The summed E-state index contributed by atoms with van der Waals surface area (Å²) in [6.45, 7) is 1.81. The summed E-state index contributed by atoms with van der Waals surface area (Å²) < 4.78 is 0. The number of nitrogens with one attached hydrogen (secondary N) is 1. The first-order chi connectivity index (χ1) is 6.06. The van der Waals surface area contributed by atoms with Crippen LogP contribution in [0.25, 0.3) is 0 Å². The third-order valence-corrected chi connectivity index (χ3v) is 2.14. The number of carbonyl (C=O) groups is 1. The fraction of sp³-hybridized carbons (Fsp3) is 0.222. The summed E-state index contributed by atoms with van der Waals surface area (Å²) in [6, 6.07) is 3.27. The molecule has 4 heteroatoms. The molecule has 0 heterocycles. The molecule has 3 N–H and O–H groups in total. The van der Waals surface area contributed by atoms with Gasteiger partial charge in [0.2, 0.25) is 0 Å². The second-order valence-corrected chi connectivity index (χ2v) is 3.17. The summed E-state index contributed by atoms with van der Waals surface area (Å²) in [5, 5.41) is 2.93. The third kappa shape index (κ3) is 1.92. The lowest BCUT2D eigenvalue weighted by atomic mass is 10.1. The van der Waals surface area contributed by atoms with Gasteiger partial charge in [-0.1, -0.05) is 11.6 Å². The monoisotopic (exact) mass is 198 g/mol. The van der Waals surface area contributed by atoms with Crippen molar-refractivity contribution in [3.8, 4) is 0 Å². The number of hydrogen-bond donors (Lipinski definition) is 2. The molecule has 0 aromatic heterocycles. The van der Waals surface area contributed by atoms with Crippen molar-refractivity contribution in [3.05, 3.63) is 28.3 Å². The lowest BCUT2D eigenvalue weighted by Gasteiger charge is -2.06. The van der Waals surface area contributed by atoms with E-state index in [1.165, 1.54) is 0 Å². The van der Waals surface area contributed by atoms with E-state index in [1.54, 1.807) is 19.2 Å². The Kier molecular flexibility index (Phi) is 2.78. The molecule has 0 bridgehead atoms. The molecule has 0 saturated carbocycles. The quantitative estimate of drug-likeness (QED) is 0.674. The van der Waals surface area contributed by atoms with Crippen molar-refractivity contribution in [1.82, 2.24) is 5.32 Å². The zero-order chi connectivity index (χ0) is 10.0. The van der Waals surface area contributed by atoms with Crippen molar-refractivity contribution in [1.29, 1.82) is 0 Å². The molecule has 0 unspecified atom stereocenters. The van der Waals surface area contributed by atoms with Crippen LogP contribution in [0.1, 0.15) is 15.9 Å². The molecule has 0 spiro atoms. The smallest absolute Gasteiger partial charge is 0.251 e. The van der Waals surface area contributed by atoms with E-state index in [2.05, 4.69) is 5.32 Å². The van der Waals surface area contributed by atoms with Crippen LogP contribution < -0.4 is 11.1 Å². The van der Waals surface area contributed by atoms with Gasteiger partial charge in [-0.2, -0.15) is 0 Å². The topological polar surface area (TPSA) is 55.1 Å². The highest BCUT2D eigenvalue weighted by Gasteiger charge is 2.07. The van der Waals surface area contributed by atoms with Crippen LogP contribution in [0.4, 0.5) is 5.69 Å². The fourth-order valence-electron chi connectivity index (χ4n) is 1.03. The van der Waals surface area contributed by atoms with Crippen LogP contribution >= 0.6 is 11.6 Å². The van der Waals surface area contributed by atoms with Gasteiger partial charge < -0.3 is 11.1 Å². The molecule has 0 aliphatic heterocycles. The van der Waals surface area contributed by atoms with Gasteiger partial charge in [0.25, 0.3) is 5.91 Å². The Morgan fingerprint density at radius 3 is 2.62 bits per heavy atom. The normalized spacial score (nSPS) is 9.77. The number of carbonyl (C=O) groups excluding carboxylic acids is 1. The minimum absolute atomic E-state index is 0.162. The second kappa shape index (κ2) is 3.66. The van der Waals surface area contributed by atoms with Crippen molar-refractivity contribution < 1.29 is 4.79 Å². The molecule has 0 aliphatic rings. The summed E-state index contributed by atoms with van der Waals surface area (Å²) in [5.41, 5.74) is 7.49. The molecule has 1 rings (SSSR count).